The van der Waals surface area contributed by atoms with E-state index in [0.717, 1.165) is 29.9 Å². The summed E-state index contributed by atoms with van der Waals surface area (Å²) in [6, 6.07) is 5.69. The molecule has 0 spiro atoms. The van der Waals surface area contributed by atoms with Gasteiger partial charge in [-0.2, -0.15) is 5.10 Å². The summed E-state index contributed by atoms with van der Waals surface area (Å²) in [5.74, 6) is -0.179. The number of nitrogens with zero attached hydrogens (tertiary/aromatic N) is 4. The van der Waals surface area contributed by atoms with Crippen molar-refractivity contribution in [2.24, 2.45) is 7.05 Å². The summed E-state index contributed by atoms with van der Waals surface area (Å²) in [6.07, 6.45) is 1.92. The Hall–Kier alpha value is -2.37. The highest BCUT2D eigenvalue weighted by Gasteiger charge is 2.28. The maximum Gasteiger partial charge on any atom is 0.263 e. The molecule has 6 nitrogen and oxygen atoms in total. The smallest absolute Gasteiger partial charge is 0.263 e. The fourth-order valence-electron chi connectivity index (χ4n) is 3.42. The lowest BCUT2D eigenvalue weighted by atomic mass is 10.0. The van der Waals surface area contributed by atoms with Gasteiger partial charge in [0.15, 0.2) is 0 Å². The molecule has 3 heterocycles. The van der Waals surface area contributed by atoms with Crippen LogP contribution in [-0.2, 0) is 7.05 Å². The second kappa shape index (κ2) is 6.26. The van der Waals surface area contributed by atoms with Gasteiger partial charge in [0.1, 0.15) is 5.56 Å². The maximum atomic E-state index is 12.8. The van der Waals surface area contributed by atoms with E-state index in [1.807, 2.05) is 31.5 Å². The number of carbonyl (C=O) groups is 1. The van der Waals surface area contributed by atoms with Gasteiger partial charge in [-0.15, -0.1) is 0 Å². The number of pyridine rings is 1. The molecule has 3 rings (SSSR count). The minimum atomic E-state index is -0.228. The molecule has 1 fully saturated rings. The molecule has 0 aliphatic carbocycles. The Kier molecular flexibility index (Phi) is 4.30. The minimum absolute atomic E-state index is 0.172. The highest BCUT2D eigenvalue weighted by molar-refractivity contribution is 5.94. The second-order valence-electron chi connectivity index (χ2n) is 6.67. The van der Waals surface area contributed by atoms with E-state index in [9.17, 15) is 9.59 Å². The summed E-state index contributed by atoms with van der Waals surface area (Å²) < 4.78 is 3.54. The van der Waals surface area contributed by atoms with E-state index in [2.05, 4.69) is 11.2 Å². The Morgan fingerprint density at radius 3 is 2.62 bits per heavy atom. The van der Waals surface area contributed by atoms with E-state index in [0.29, 0.717) is 13.1 Å². The predicted octanol–water partition coefficient (Wildman–Crippen LogP) is 1.98. The number of amides is 1. The zero-order chi connectivity index (χ0) is 17.4. The molecule has 0 aromatic carbocycles. The topological polar surface area (TPSA) is 60.1 Å². The average molecular weight is 328 g/mol. The van der Waals surface area contributed by atoms with Gasteiger partial charge in [0, 0.05) is 31.5 Å². The Labute approximate surface area is 141 Å². The molecule has 0 N–H and O–H groups in total. The van der Waals surface area contributed by atoms with Crippen molar-refractivity contribution in [3.05, 3.63) is 51.2 Å². The number of aryl methyl sites for hydroxylation is 3. The first-order valence-corrected chi connectivity index (χ1v) is 8.37. The van der Waals surface area contributed by atoms with Gasteiger partial charge in [-0.25, -0.2) is 0 Å². The van der Waals surface area contributed by atoms with Gasteiger partial charge in [0.25, 0.3) is 11.5 Å². The Bertz CT molecular complexity index is 834. The summed E-state index contributed by atoms with van der Waals surface area (Å²) in [7, 11) is 1.70. The van der Waals surface area contributed by atoms with E-state index in [1.165, 1.54) is 4.57 Å². The van der Waals surface area contributed by atoms with Crippen molar-refractivity contribution < 1.29 is 4.79 Å². The summed E-state index contributed by atoms with van der Waals surface area (Å²) in [5, 5.41) is 4.56. The van der Waals surface area contributed by atoms with Crippen molar-refractivity contribution in [3.63, 3.8) is 0 Å². The molecule has 0 unspecified atom stereocenters. The van der Waals surface area contributed by atoms with E-state index in [-0.39, 0.29) is 23.1 Å². The van der Waals surface area contributed by atoms with E-state index < -0.39 is 0 Å². The third-order valence-corrected chi connectivity index (χ3v) is 4.86. The van der Waals surface area contributed by atoms with Gasteiger partial charge in [-0.05, 0) is 51.8 Å². The molecule has 2 aromatic heterocycles. The van der Waals surface area contributed by atoms with Crippen molar-refractivity contribution in [3.8, 4) is 0 Å². The lowest BCUT2D eigenvalue weighted by molar-refractivity contribution is 0.0669. The van der Waals surface area contributed by atoms with Crippen LogP contribution in [0.2, 0.25) is 0 Å². The molecular weight excluding hydrogens is 304 g/mol. The standard InChI is InChI=1S/C18H24N4O2/c1-12-10-14(3)22(19-12)15-6-5-9-21(11-15)18(24)16-8-7-13(2)20(4)17(16)23/h7-8,10,15H,5-6,9,11H2,1-4H3/t15-/m0/s1. The number of aromatic nitrogens is 3. The molecule has 1 amide bonds. The van der Waals surface area contributed by atoms with Crippen LogP contribution in [0.1, 0.15) is 46.3 Å². The van der Waals surface area contributed by atoms with Gasteiger partial charge >= 0.3 is 0 Å². The number of carbonyl (C=O) groups excluding carboxylic acids is 1. The van der Waals surface area contributed by atoms with Gasteiger partial charge in [0.05, 0.1) is 11.7 Å². The van der Waals surface area contributed by atoms with Crippen molar-refractivity contribution in [2.45, 2.75) is 39.7 Å². The van der Waals surface area contributed by atoms with Crippen LogP contribution in [0.25, 0.3) is 0 Å². The fourth-order valence-corrected chi connectivity index (χ4v) is 3.42. The molecule has 0 bridgehead atoms. The third-order valence-electron chi connectivity index (χ3n) is 4.86. The average Bonchev–Trinajstić information content (AvgIpc) is 2.91. The van der Waals surface area contributed by atoms with Crippen LogP contribution in [0.15, 0.2) is 23.0 Å². The van der Waals surface area contributed by atoms with Crippen LogP contribution in [0.4, 0.5) is 0 Å². The molecule has 1 atom stereocenters. The zero-order valence-electron chi connectivity index (χ0n) is 14.7. The van der Waals surface area contributed by atoms with Gasteiger partial charge in [-0.3, -0.25) is 14.3 Å². The Balaban J connectivity index is 1.85. The van der Waals surface area contributed by atoms with Crippen LogP contribution < -0.4 is 5.56 Å². The first-order chi connectivity index (χ1) is 11.4. The normalized spacial score (nSPS) is 18.0. The maximum absolute atomic E-state index is 12.8. The summed E-state index contributed by atoms with van der Waals surface area (Å²) >= 11 is 0. The Morgan fingerprint density at radius 2 is 1.96 bits per heavy atom. The number of piperidine rings is 1. The highest BCUT2D eigenvalue weighted by Crippen LogP contribution is 2.23. The first kappa shape index (κ1) is 16.5. The van der Waals surface area contributed by atoms with E-state index >= 15 is 0 Å². The molecule has 6 heteroatoms. The molecule has 0 saturated carbocycles. The summed E-state index contributed by atoms with van der Waals surface area (Å²) in [5.41, 5.74) is 2.96. The van der Waals surface area contributed by atoms with Crippen LogP contribution in [0.3, 0.4) is 0 Å². The highest BCUT2D eigenvalue weighted by atomic mass is 16.2. The van der Waals surface area contributed by atoms with Crippen LogP contribution in [0.5, 0.6) is 0 Å². The molecule has 1 saturated heterocycles. The van der Waals surface area contributed by atoms with Crippen molar-refractivity contribution in [1.29, 1.82) is 0 Å². The molecular formula is C18H24N4O2. The number of hydrogen-bond donors (Lipinski definition) is 0. The van der Waals surface area contributed by atoms with Crippen molar-refractivity contribution >= 4 is 5.91 Å². The molecule has 1 aliphatic heterocycles. The molecule has 1 aliphatic rings. The predicted molar refractivity (Wildman–Crippen MR) is 92.3 cm³/mol. The Morgan fingerprint density at radius 1 is 1.21 bits per heavy atom. The van der Waals surface area contributed by atoms with Gasteiger partial charge in [0.2, 0.25) is 0 Å². The minimum Gasteiger partial charge on any atom is -0.336 e. The fraction of sp³-hybridized carbons (Fsp3) is 0.500. The molecule has 128 valence electrons. The second-order valence-corrected chi connectivity index (χ2v) is 6.67. The SMILES string of the molecule is Cc1cc(C)n([C@H]2CCCN(C(=O)c3ccc(C)n(C)c3=O)C2)n1. The van der Waals surface area contributed by atoms with Crippen molar-refractivity contribution in [2.75, 3.05) is 13.1 Å². The van der Waals surface area contributed by atoms with E-state index in [4.69, 9.17) is 0 Å². The monoisotopic (exact) mass is 328 g/mol. The number of hydrogen-bond acceptors (Lipinski definition) is 3. The number of likely N-dealkylation sites (tertiary alicyclic amines) is 1. The molecule has 24 heavy (non-hydrogen) atoms. The van der Waals surface area contributed by atoms with Crippen LogP contribution >= 0.6 is 0 Å². The zero-order valence-corrected chi connectivity index (χ0v) is 14.7. The summed E-state index contributed by atoms with van der Waals surface area (Å²) in [6.45, 7) is 7.15. The molecule has 2 aromatic rings. The van der Waals surface area contributed by atoms with Crippen molar-refractivity contribution in [1.82, 2.24) is 19.2 Å². The third kappa shape index (κ3) is 2.88. The lowest BCUT2D eigenvalue weighted by Gasteiger charge is -2.33. The van der Waals surface area contributed by atoms with Gasteiger partial charge in [-0.1, -0.05) is 0 Å². The van der Waals surface area contributed by atoms with E-state index in [1.54, 1.807) is 18.0 Å². The quantitative estimate of drug-likeness (QED) is 0.847. The van der Waals surface area contributed by atoms with Crippen LogP contribution in [-0.4, -0.2) is 38.2 Å². The van der Waals surface area contributed by atoms with Crippen LogP contribution in [0, 0.1) is 20.8 Å². The largest absolute Gasteiger partial charge is 0.336 e. The van der Waals surface area contributed by atoms with Gasteiger partial charge < -0.3 is 9.47 Å². The lowest BCUT2D eigenvalue weighted by Crippen LogP contribution is -2.43. The first-order valence-electron chi connectivity index (χ1n) is 8.37. The number of rotatable bonds is 2. The summed E-state index contributed by atoms with van der Waals surface area (Å²) in [4.78, 5) is 27.0. The molecule has 0 radical (unpaired) electrons.